The fraction of sp³-hybridized carbons (Fsp3) is 0.947. The van der Waals surface area contributed by atoms with Gasteiger partial charge in [0.2, 0.25) is 5.91 Å². The molecule has 0 aromatic heterocycles. The van der Waals surface area contributed by atoms with Crippen molar-refractivity contribution in [3.8, 4) is 0 Å². The molecule has 3 atom stereocenters. The highest BCUT2D eigenvalue weighted by Gasteiger charge is 2.37. The highest BCUT2D eigenvalue weighted by Crippen LogP contribution is 2.21. The lowest BCUT2D eigenvalue weighted by atomic mass is 9.98. The third kappa shape index (κ3) is 5.17. The van der Waals surface area contributed by atoms with E-state index in [1.54, 1.807) is 0 Å². The van der Waals surface area contributed by atoms with E-state index >= 15 is 0 Å². The van der Waals surface area contributed by atoms with E-state index in [9.17, 15) is 4.79 Å². The van der Waals surface area contributed by atoms with Crippen LogP contribution in [-0.4, -0.2) is 84.7 Å². The molecule has 5 heteroatoms. The molecular weight excluding hydrogens is 302 g/mol. The van der Waals surface area contributed by atoms with Crippen molar-refractivity contribution in [1.29, 1.82) is 0 Å². The number of carbonyl (C=O) groups excluding carboxylic acids is 1. The molecule has 2 aliphatic rings. The number of piperazine rings is 1. The summed E-state index contributed by atoms with van der Waals surface area (Å²) in [6.07, 6.45) is 0.399. The first-order chi connectivity index (χ1) is 11.3. The van der Waals surface area contributed by atoms with Gasteiger partial charge in [-0.2, -0.15) is 0 Å². The van der Waals surface area contributed by atoms with Crippen molar-refractivity contribution in [2.75, 3.05) is 45.8 Å². The lowest BCUT2D eigenvalue weighted by Gasteiger charge is -2.44. The van der Waals surface area contributed by atoms with Gasteiger partial charge in [-0.25, -0.2) is 0 Å². The highest BCUT2D eigenvalue weighted by molar-refractivity contribution is 5.82. The predicted octanol–water partition coefficient (Wildman–Crippen LogP) is 1.92. The van der Waals surface area contributed by atoms with Crippen LogP contribution in [0.25, 0.3) is 0 Å². The van der Waals surface area contributed by atoms with Crippen LogP contribution in [0.4, 0.5) is 0 Å². The molecule has 0 spiro atoms. The van der Waals surface area contributed by atoms with Crippen LogP contribution in [0.5, 0.6) is 0 Å². The smallest absolute Gasteiger partial charge is 0.240 e. The van der Waals surface area contributed by atoms with E-state index in [1.807, 2.05) is 0 Å². The van der Waals surface area contributed by atoms with E-state index < -0.39 is 0 Å². The van der Waals surface area contributed by atoms with Crippen molar-refractivity contribution in [3.63, 3.8) is 0 Å². The van der Waals surface area contributed by atoms with Crippen molar-refractivity contribution in [1.82, 2.24) is 14.7 Å². The Morgan fingerprint density at radius 1 is 1.00 bits per heavy atom. The van der Waals surface area contributed by atoms with Gasteiger partial charge >= 0.3 is 0 Å². The molecule has 0 bridgehead atoms. The predicted molar refractivity (Wildman–Crippen MR) is 98.1 cm³/mol. The van der Waals surface area contributed by atoms with Crippen molar-refractivity contribution < 1.29 is 9.53 Å². The Labute approximate surface area is 148 Å². The van der Waals surface area contributed by atoms with Crippen molar-refractivity contribution >= 4 is 5.91 Å². The minimum absolute atomic E-state index is 0.0181. The minimum atomic E-state index is -0.0181. The maximum absolute atomic E-state index is 13.2. The molecule has 3 unspecified atom stereocenters. The third-order valence-corrected chi connectivity index (χ3v) is 5.03. The second-order valence-electron chi connectivity index (χ2n) is 8.42. The van der Waals surface area contributed by atoms with Crippen LogP contribution in [0.15, 0.2) is 0 Å². The molecule has 140 valence electrons. The number of hydrogen-bond donors (Lipinski definition) is 0. The summed E-state index contributed by atoms with van der Waals surface area (Å²) in [6.45, 7) is 19.6. The zero-order valence-corrected chi connectivity index (χ0v) is 16.5. The SMILES string of the molecule is CC(C)CN1CCN(C(=O)C(C(C)C)N2CC(C)OC(C)C2)CC1. The molecule has 0 saturated carbocycles. The second kappa shape index (κ2) is 8.63. The maximum Gasteiger partial charge on any atom is 0.240 e. The molecule has 2 saturated heterocycles. The van der Waals surface area contributed by atoms with Gasteiger partial charge in [0, 0.05) is 45.8 Å². The van der Waals surface area contributed by atoms with Gasteiger partial charge in [-0.3, -0.25) is 14.6 Å². The lowest BCUT2D eigenvalue weighted by Crippen LogP contribution is -2.60. The Morgan fingerprint density at radius 2 is 1.54 bits per heavy atom. The molecule has 0 radical (unpaired) electrons. The number of nitrogens with zero attached hydrogens (tertiary/aromatic N) is 3. The first-order valence-electron chi connectivity index (χ1n) is 9.68. The van der Waals surface area contributed by atoms with Crippen LogP contribution in [0.1, 0.15) is 41.5 Å². The van der Waals surface area contributed by atoms with Gasteiger partial charge in [0.1, 0.15) is 0 Å². The average molecular weight is 340 g/mol. The van der Waals surface area contributed by atoms with Gasteiger partial charge in [-0.1, -0.05) is 27.7 Å². The molecular formula is C19H37N3O2. The largest absolute Gasteiger partial charge is 0.373 e. The molecule has 0 aromatic carbocycles. The van der Waals surface area contributed by atoms with E-state index in [0.29, 0.717) is 17.7 Å². The number of morpholine rings is 1. The summed E-state index contributed by atoms with van der Waals surface area (Å²) in [4.78, 5) is 20.1. The third-order valence-electron chi connectivity index (χ3n) is 5.03. The van der Waals surface area contributed by atoms with Crippen LogP contribution in [-0.2, 0) is 9.53 Å². The Hall–Kier alpha value is -0.650. The lowest BCUT2D eigenvalue weighted by molar-refractivity contribution is -0.147. The monoisotopic (exact) mass is 339 g/mol. The van der Waals surface area contributed by atoms with E-state index in [2.05, 4.69) is 56.2 Å². The summed E-state index contributed by atoms with van der Waals surface area (Å²) in [6, 6.07) is -0.0181. The zero-order chi connectivity index (χ0) is 17.9. The molecule has 24 heavy (non-hydrogen) atoms. The van der Waals surface area contributed by atoms with Crippen molar-refractivity contribution in [2.45, 2.75) is 59.8 Å². The molecule has 0 aliphatic carbocycles. The van der Waals surface area contributed by atoms with Gasteiger partial charge in [-0.15, -0.1) is 0 Å². The maximum atomic E-state index is 13.2. The standard InChI is InChI=1S/C19H37N3O2/c1-14(2)11-20-7-9-21(10-8-20)19(23)18(15(3)4)22-12-16(5)24-17(6)13-22/h14-18H,7-13H2,1-6H3. The summed E-state index contributed by atoms with van der Waals surface area (Å²) >= 11 is 0. The summed E-state index contributed by atoms with van der Waals surface area (Å²) in [5.41, 5.74) is 0. The van der Waals surface area contributed by atoms with Crippen LogP contribution in [0, 0.1) is 11.8 Å². The van der Waals surface area contributed by atoms with Gasteiger partial charge in [0.25, 0.3) is 0 Å². The van der Waals surface area contributed by atoms with Gasteiger partial charge in [0.15, 0.2) is 0 Å². The van der Waals surface area contributed by atoms with Crippen molar-refractivity contribution in [2.24, 2.45) is 11.8 Å². The molecule has 0 aromatic rings. The molecule has 2 heterocycles. The highest BCUT2D eigenvalue weighted by atomic mass is 16.5. The second-order valence-corrected chi connectivity index (χ2v) is 8.42. The number of rotatable bonds is 5. The number of carbonyl (C=O) groups is 1. The Morgan fingerprint density at radius 3 is 2.00 bits per heavy atom. The minimum Gasteiger partial charge on any atom is -0.373 e. The van der Waals surface area contributed by atoms with E-state index in [-0.39, 0.29) is 18.2 Å². The summed E-state index contributed by atoms with van der Waals surface area (Å²) in [7, 11) is 0. The van der Waals surface area contributed by atoms with Gasteiger partial charge in [0.05, 0.1) is 18.2 Å². The van der Waals surface area contributed by atoms with E-state index in [0.717, 1.165) is 45.8 Å². The molecule has 0 N–H and O–H groups in total. The quantitative estimate of drug-likeness (QED) is 0.767. The molecule has 1 amide bonds. The molecule has 2 rings (SSSR count). The average Bonchev–Trinajstić information content (AvgIpc) is 2.46. The van der Waals surface area contributed by atoms with E-state index in [4.69, 9.17) is 4.74 Å². The fourth-order valence-electron chi connectivity index (χ4n) is 4.16. The molecule has 2 fully saturated rings. The van der Waals surface area contributed by atoms with Gasteiger partial charge < -0.3 is 9.64 Å². The van der Waals surface area contributed by atoms with Gasteiger partial charge in [-0.05, 0) is 25.7 Å². The van der Waals surface area contributed by atoms with Crippen LogP contribution < -0.4 is 0 Å². The Kier molecular flexibility index (Phi) is 7.08. The Balaban J connectivity index is 1.97. The summed E-state index contributed by atoms with van der Waals surface area (Å²) in [5.74, 6) is 1.33. The summed E-state index contributed by atoms with van der Waals surface area (Å²) < 4.78 is 5.85. The van der Waals surface area contributed by atoms with Crippen LogP contribution >= 0.6 is 0 Å². The normalized spacial score (nSPS) is 28.6. The fourth-order valence-corrected chi connectivity index (χ4v) is 4.16. The number of ether oxygens (including phenoxy) is 1. The van der Waals surface area contributed by atoms with Crippen LogP contribution in [0.2, 0.25) is 0 Å². The van der Waals surface area contributed by atoms with Crippen LogP contribution in [0.3, 0.4) is 0 Å². The first kappa shape index (κ1) is 19.7. The number of amides is 1. The molecule has 5 nitrogen and oxygen atoms in total. The Bertz CT molecular complexity index is 395. The molecule has 2 aliphatic heterocycles. The van der Waals surface area contributed by atoms with E-state index in [1.165, 1.54) is 0 Å². The number of hydrogen-bond acceptors (Lipinski definition) is 4. The van der Waals surface area contributed by atoms with Crippen molar-refractivity contribution in [3.05, 3.63) is 0 Å². The first-order valence-corrected chi connectivity index (χ1v) is 9.68. The topological polar surface area (TPSA) is 36.0 Å². The zero-order valence-electron chi connectivity index (χ0n) is 16.5. The summed E-state index contributed by atoms with van der Waals surface area (Å²) in [5, 5.41) is 0.